The molecule has 70 valence electrons. The minimum absolute atomic E-state index is 0.691. The first-order chi connectivity index (χ1) is 6.77. The third-order valence-electron chi connectivity index (χ3n) is 1.99. The van der Waals surface area contributed by atoms with Crippen LogP contribution in [0.1, 0.15) is 5.56 Å². The Morgan fingerprint density at radius 1 is 1.57 bits per heavy atom. The van der Waals surface area contributed by atoms with Gasteiger partial charge in [-0.1, -0.05) is 0 Å². The van der Waals surface area contributed by atoms with E-state index in [1.807, 2.05) is 17.7 Å². The van der Waals surface area contributed by atoms with Crippen LogP contribution in [0, 0.1) is 11.3 Å². The molecular formula is C10H7NS3. The molecule has 4 heteroatoms. The van der Waals surface area contributed by atoms with Gasteiger partial charge in [0.15, 0.2) is 0 Å². The summed E-state index contributed by atoms with van der Waals surface area (Å²) in [5.41, 5.74) is 0.691. The number of hydrogen-bond acceptors (Lipinski definition) is 4. The van der Waals surface area contributed by atoms with Crippen LogP contribution in [0.2, 0.25) is 0 Å². The Hall–Kier alpha value is -0.630. The van der Waals surface area contributed by atoms with E-state index in [-0.39, 0.29) is 0 Å². The summed E-state index contributed by atoms with van der Waals surface area (Å²) in [5, 5.41) is 12.2. The molecule has 0 atom stereocenters. The highest BCUT2D eigenvalue weighted by Gasteiger charge is 2.11. The normalized spacial score (nSPS) is 10.4. The van der Waals surface area contributed by atoms with Gasteiger partial charge in [0.25, 0.3) is 0 Å². The minimum Gasteiger partial charge on any atom is -0.192 e. The average Bonchev–Trinajstić information content (AvgIpc) is 2.62. The number of benzene rings is 1. The van der Waals surface area contributed by atoms with Crippen LogP contribution < -0.4 is 0 Å². The molecule has 0 saturated heterocycles. The van der Waals surface area contributed by atoms with Crippen molar-refractivity contribution < 1.29 is 0 Å². The topological polar surface area (TPSA) is 23.8 Å². The molecule has 2 rings (SSSR count). The molecule has 0 aliphatic carbocycles. The molecule has 1 aromatic carbocycles. The Morgan fingerprint density at radius 2 is 2.36 bits per heavy atom. The maximum Gasteiger partial charge on any atom is 0.102 e. The SMILES string of the molecule is CSc1c(C#N)c(S)cc2ccsc12. The van der Waals surface area contributed by atoms with Crippen molar-refractivity contribution in [2.45, 2.75) is 9.79 Å². The van der Waals surface area contributed by atoms with Crippen LogP contribution >= 0.6 is 35.7 Å². The number of thiophene rings is 1. The summed E-state index contributed by atoms with van der Waals surface area (Å²) in [6.45, 7) is 0. The third kappa shape index (κ3) is 1.42. The molecule has 0 N–H and O–H groups in total. The van der Waals surface area contributed by atoms with E-state index in [2.05, 4.69) is 24.8 Å². The van der Waals surface area contributed by atoms with Gasteiger partial charge in [-0.25, -0.2) is 0 Å². The third-order valence-corrected chi connectivity index (χ3v) is 4.24. The lowest BCUT2D eigenvalue weighted by molar-refractivity contribution is 1.32. The van der Waals surface area contributed by atoms with Crippen LogP contribution in [0.4, 0.5) is 0 Å². The first-order valence-corrected chi connectivity index (χ1v) is 6.50. The van der Waals surface area contributed by atoms with E-state index < -0.39 is 0 Å². The Kier molecular flexibility index (Phi) is 2.73. The van der Waals surface area contributed by atoms with E-state index in [4.69, 9.17) is 5.26 Å². The first-order valence-electron chi connectivity index (χ1n) is 3.95. The van der Waals surface area contributed by atoms with Crippen LogP contribution in [-0.2, 0) is 0 Å². The largest absolute Gasteiger partial charge is 0.192 e. The second-order valence-corrected chi connectivity index (χ2v) is 4.97. The van der Waals surface area contributed by atoms with Gasteiger partial charge in [0, 0.05) is 14.5 Å². The standard InChI is InChI=1S/C10H7NS3/c1-13-10-7(5-11)8(12)4-6-2-3-14-9(6)10/h2-4,12H,1H3. The van der Waals surface area contributed by atoms with Gasteiger partial charge in [-0.05, 0) is 29.2 Å². The predicted octanol–water partition coefficient (Wildman–Crippen LogP) is 3.78. The molecule has 0 spiro atoms. The van der Waals surface area contributed by atoms with Gasteiger partial charge in [-0.3, -0.25) is 0 Å². The Bertz CT molecular complexity index is 522. The van der Waals surface area contributed by atoms with Crippen LogP contribution in [0.25, 0.3) is 10.1 Å². The zero-order valence-corrected chi connectivity index (χ0v) is 9.97. The second kappa shape index (κ2) is 3.85. The number of hydrogen-bond donors (Lipinski definition) is 1. The maximum atomic E-state index is 9.02. The van der Waals surface area contributed by atoms with Crippen LogP contribution in [0.15, 0.2) is 27.3 Å². The molecule has 0 aliphatic rings. The number of nitrogens with zero attached hydrogens (tertiary/aromatic N) is 1. The van der Waals surface area contributed by atoms with E-state index in [1.165, 1.54) is 10.1 Å². The number of fused-ring (bicyclic) bond motifs is 1. The zero-order valence-electron chi connectivity index (χ0n) is 7.44. The predicted molar refractivity (Wildman–Crippen MR) is 65.6 cm³/mol. The average molecular weight is 237 g/mol. The molecule has 1 nitrogen and oxygen atoms in total. The molecule has 0 aliphatic heterocycles. The van der Waals surface area contributed by atoms with Crippen molar-refractivity contribution in [3.63, 3.8) is 0 Å². The monoisotopic (exact) mass is 237 g/mol. The van der Waals surface area contributed by atoms with Gasteiger partial charge < -0.3 is 0 Å². The van der Waals surface area contributed by atoms with E-state index in [0.717, 1.165) is 9.79 Å². The van der Waals surface area contributed by atoms with Crippen molar-refractivity contribution in [1.82, 2.24) is 0 Å². The van der Waals surface area contributed by atoms with E-state index in [1.54, 1.807) is 23.1 Å². The fourth-order valence-electron chi connectivity index (χ4n) is 1.37. The van der Waals surface area contributed by atoms with Crippen molar-refractivity contribution in [2.24, 2.45) is 0 Å². The summed E-state index contributed by atoms with van der Waals surface area (Å²) < 4.78 is 1.19. The fraction of sp³-hybridized carbons (Fsp3) is 0.100. The molecule has 0 fully saturated rings. The summed E-state index contributed by atoms with van der Waals surface area (Å²) in [6, 6.07) is 6.21. The highest BCUT2D eigenvalue weighted by Crippen LogP contribution is 2.36. The molecule has 0 saturated carbocycles. The highest BCUT2D eigenvalue weighted by molar-refractivity contribution is 7.99. The van der Waals surface area contributed by atoms with Gasteiger partial charge in [0.05, 0.1) is 5.56 Å². The van der Waals surface area contributed by atoms with E-state index in [9.17, 15) is 0 Å². The minimum atomic E-state index is 0.691. The summed E-state index contributed by atoms with van der Waals surface area (Å²) >= 11 is 7.60. The van der Waals surface area contributed by atoms with Gasteiger partial charge in [0.2, 0.25) is 0 Å². The summed E-state index contributed by atoms with van der Waals surface area (Å²) in [7, 11) is 0. The molecule has 0 amide bonds. The molecule has 0 radical (unpaired) electrons. The van der Waals surface area contributed by atoms with Gasteiger partial charge in [-0.15, -0.1) is 35.7 Å². The number of thioether (sulfide) groups is 1. The van der Waals surface area contributed by atoms with Gasteiger partial charge in [-0.2, -0.15) is 5.26 Å². The van der Waals surface area contributed by atoms with E-state index in [0.29, 0.717) is 5.56 Å². The molecule has 2 aromatic rings. The highest BCUT2D eigenvalue weighted by atomic mass is 32.2. The zero-order chi connectivity index (χ0) is 10.1. The summed E-state index contributed by atoms with van der Waals surface area (Å²) in [4.78, 5) is 1.81. The first kappa shape index (κ1) is 9.91. The Morgan fingerprint density at radius 3 is 3.00 bits per heavy atom. The van der Waals surface area contributed by atoms with Crippen LogP contribution in [0.3, 0.4) is 0 Å². The Balaban J connectivity index is 2.91. The maximum absolute atomic E-state index is 9.02. The van der Waals surface area contributed by atoms with Crippen molar-refractivity contribution in [2.75, 3.05) is 6.26 Å². The Labute approximate surface area is 96.2 Å². The van der Waals surface area contributed by atoms with Crippen molar-refractivity contribution in [1.29, 1.82) is 5.26 Å². The van der Waals surface area contributed by atoms with Crippen molar-refractivity contribution in [3.05, 3.63) is 23.1 Å². The van der Waals surface area contributed by atoms with Crippen molar-refractivity contribution in [3.8, 4) is 6.07 Å². The van der Waals surface area contributed by atoms with Crippen molar-refractivity contribution >= 4 is 45.8 Å². The quantitative estimate of drug-likeness (QED) is 0.602. The number of nitriles is 1. The molecule has 1 aromatic heterocycles. The molecule has 14 heavy (non-hydrogen) atoms. The smallest absolute Gasteiger partial charge is 0.102 e. The lowest BCUT2D eigenvalue weighted by atomic mass is 10.2. The fourth-order valence-corrected chi connectivity index (χ4v) is 3.63. The van der Waals surface area contributed by atoms with Gasteiger partial charge >= 0.3 is 0 Å². The van der Waals surface area contributed by atoms with Gasteiger partial charge in [0.1, 0.15) is 6.07 Å². The number of thiol groups is 1. The van der Waals surface area contributed by atoms with Crippen LogP contribution in [-0.4, -0.2) is 6.26 Å². The van der Waals surface area contributed by atoms with Crippen LogP contribution in [0.5, 0.6) is 0 Å². The number of rotatable bonds is 1. The lowest BCUT2D eigenvalue weighted by Gasteiger charge is -2.04. The molecular weight excluding hydrogens is 230 g/mol. The molecule has 1 heterocycles. The van der Waals surface area contributed by atoms with E-state index >= 15 is 0 Å². The molecule has 0 bridgehead atoms. The molecule has 0 unspecified atom stereocenters. The summed E-state index contributed by atoms with van der Waals surface area (Å²) in [6.07, 6.45) is 1.99. The summed E-state index contributed by atoms with van der Waals surface area (Å²) in [5.74, 6) is 0. The lowest BCUT2D eigenvalue weighted by Crippen LogP contribution is -1.83. The second-order valence-electron chi connectivity index (χ2n) is 2.75.